The summed E-state index contributed by atoms with van der Waals surface area (Å²) in [5, 5.41) is 6.31. The molecule has 1 aromatic heterocycles. The number of benzene rings is 1. The minimum absolute atomic E-state index is 0.207. The Morgan fingerprint density at radius 1 is 1.05 bits per heavy atom. The Morgan fingerprint density at radius 3 is 2.42 bits per heavy atom. The number of anilines is 2. The number of aromatic nitrogens is 2. The minimum atomic E-state index is -0.207. The van der Waals surface area contributed by atoms with Gasteiger partial charge in [-0.1, -0.05) is 12.1 Å². The fraction of sp³-hybridized carbons (Fsp3) is 0.286. The molecule has 0 aliphatic heterocycles. The van der Waals surface area contributed by atoms with Crippen molar-refractivity contribution >= 4 is 11.6 Å². The zero-order chi connectivity index (χ0) is 13.5. The van der Waals surface area contributed by atoms with Crippen molar-refractivity contribution in [3.8, 4) is 0 Å². The van der Waals surface area contributed by atoms with Crippen LogP contribution in [-0.2, 0) is 6.42 Å². The first kappa shape index (κ1) is 13.3. The number of nitrogens with zero attached hydrogens (tertiary/aromatic N) is 2. The van der Waals surface area contributed by atoms with E-state index in [1.165, 1.54) is 12.1 Å². The maximum atomic E-state index is 12.7. The van der Waals surface area contributed by atoms with Crippen LogP contribution in [0.3, 0.4) is 0 Å². The zero-order valence-corrected chi connectivity index (χ0v) is 10.9. The van der Waals surface area contributed by atoms with E-state index in [0.29, 0.717) is 0 Å². The highest BCUT2D eigenvalue weighted by atomic mass is 19.1. The van der Waals surface area contributed by atoms with Crippen LogP contribution in [0, 0.1) is 5.82 Å². The number of hydrogen-bond acceptors (Lipinski definition) is 4. The first-order valence-electron chi connectivity index (χ1n) is 6.32. The van der Waals surface area contributed by atoms with Gasteiger partial charge in [0, 0.05) is 13.1 Å². The molecule has 0 unspecified atom stereocenters. The lowest BCUT2D eigenvalue weighted by molar-refractivity contribution is 0.627. The molecule has 0 amide bonds. The van der Waals surface area contributed by atoms with Gasteiger partial charge in [0.15, 0.2) is 0 Å². The third-order valence-electron chi connectivity index (χ3n) is 2.63. The SMILES string of the molecule is CCNc1cncc(NCCc2ccc(F)cc2)n1. The summed E-state index contributed by atoms with van der Waals surface area (Å²) in [5.41, 5.74) is 1.09. The molecule has 1 heterocycles. The molecule has 0 spiro atoms. The number of hydrogen-bond donors (Lipinski definition) is 2. The second-order valence-corrected chi connectivity index (χ2v) is 4.12. The number of halogens is 1. The van der Waals surface area contributed by atoms with Gasteiger partial charge in [-0.15, -0.1) is 0 Å². The van der Waals surface area contributed by atoms with Gasteiger partial charge in [0.2, 0.25) is 0 Å². The van der Waals surface area contributed by atoms with E-state index in [-0.39, 0.29) is 5.82 Å². The molecular formula is C14H17FN4. The molecule has 2 N–H and O–H groups in total. The molecule has 0 aliphatic rings. The summed E-state index contributed by atoms with van der Waals surface area (Å²) < 4.78 is 12.7. The van der Waals surface area contributed by atoms with Gasteiger partial charge in [0.05, 0.1) is 12.4 Å². The predicted molar refractivity (Wildman–Crippen MR) is 74.8 cm³/mol. The van der Waals surface area contributed by atoms with Gasteiger partial charge in [-0.25, -0.2) is 9.37 Å². The van der Waals surface area contributed by atoms with Gasteiger partial charge in [-0.05, 0) is 31.0 Å². The quantitative estimate of drug-likeness (QED) is 0.838. The fourth-order valence-electron chi connectivity index (χ4n) is 1.70. The summed E-state index contributed by atoms with van der Waals surface area (Å²) in [6.07, 6.45) is 4.19. The van der Waals surface area contributed by atoms with Gasteiger partial charge >= 0.3 is 0 Å². The maximum absolute atomic E-state index is 12.7. The van der Waals surface area contributed by atoms with E-state index in [2.05, 4.69) is 20.6 Å². The Kier molecular flexibility index (Phi) is 4.66. The van der Waals surface area contributed by atoms with Crippen LogP contribution in [0.25, 0.3) is 0 Å². The van der Waals surface area contributed by atoms with Gasteiger partial charge < -0.3 is 10.6 Å². The molecule has 0 bridgehead atoms. The van der Waals surface area contributed by atoms with Crippen molar-refractivity contribution in [1.82, 2.24) is 9.97 Å². The first-order chi connectivity index (χ1) is 9.28. The number of nitrogens with one attached hydrogen (secondary N) is 2. The van der Waals surface area contributed by atoms with Gasteiger partial charge in [-0.3, -0.25) is 4.98 Å². The second kappa shape index (κ2) is 6.68. The molecule has 0 saturated heterocycles. The van der Waals surface area contributed by atoms with Crippen LogP contribution in [0.1, 0.15) is 12.5 Å². The summed E-state index contributed by atoms with van der Waals surface area (Å²) in [7, 11) is 0. The van der Waals surface area contributed by atoms with Crippen LogP contribution in [0.5, 0.6) is 0 Å². The Morgan fingerprint density at radius 2 is 1.74 bits per heavy atom. The summed E-state index contributed by atoms with van der Waals surface area (Å²) in [6.45, 7) is 3.56. The Hall–Kier alpha value is -2.17. The molecule has 0 atom stereocenters. The molecule has 4 nitrogen and oxygen atoms in total. The Balaban J connectivity index is 1.85. The van der Waals surface area contributed by atoms with Crippen molar-refractivity contribution in [2.24, 2.45) is 0 Å². The molecule has 1 aromatic carbocycles. The highest BCUT2D eigenvalue weighted by Crippen LogP contribution is 2.07. The van der Waals surface area contributed by atoms with E-state index in [1.807, 2.05) is 6.92 Å². The average molecular weight is 260 g/mol. The molecule has 0 radical (unpaired) electrons. The van der Waals surface area contributed by atoms with Crippen LogP contribution in [-0.4, -0.2) is 23.1 Å². The topological polar surface area (TPSA) is 49.8 Å². The average Bonchev–Trinajstić information content (AvgIpc) is 2.42. The molecule has 100 valence electrons. The monoisotopic (exact) mass is 260 g/mol. The lowest BCUT2D eigenvalue weighted by atomic mass is 10.1. The third-order valence-corrected chi connectivity index (χ3v) is 2.63. The van der Waals surface area contributed by atoms with Crippen molar-refractivity contribution in [2.45, 2.75) is 13.3 Å². The largest absolute Gasteiger partial charge is 0.369 e. The summed E-state index contributed by atoms with van der Waals surface area (Å²) in [5.74, 6) is 1.29. The van der Waals surface area contributed by atoms with E-state index in [0.717, 1.165) is 36.7 Å². The van der Waals surface area contributed by atoms with E-state index in [4.69, 9.17) is 0 Å². The molecule has 2 aromatic rings. The molecule has 2 rings (SSSR count). The second-order valence-electron chi connectivity index (χ2n) is 4.12. The molecule has 19 heavy (non-hydrogen) atoms. The molecule has 5 heteroatoms. The number of rotatable bonds is 6. The van der Waals surface area contributed by atoms with Crippen molar-refractivity contribution in [3.63, 3.8) is 0 Å². The van der Waals surface area contributed by atoms with E-state index in [9.17, 15) is 4.39 Å². The third kappa shape index (κ3) is 4.21. The molecule has 0 fully saturated rings. The van der Waals surface area contributed by atoms with Gasteiger partial charge in [0.1, 0.15) is 17.5 Å². The van der Waals surface area contributed by atoms with Crippen molar-refractivity contribution in [2.75, 3.05) is 23.7 Å². The minimum Gasteiger partial charge on any atom is -0.369 e. The van der Waals surface area contributed by atoms with Crippen LogP contribution >= 0.6 is 0 Å². The van der Waals surface area contributed by atoms with Crippen molar-refractivity contribution in [3.05, 3.63) is 48.0 Å². The normalized spacial score (nSPS) is 10.2. The lowest BCUT2D eigenvalue weighted by Crippen LogP contribution is -2.08. The molecular weight excluding hydrogens is 243 g/mol. The van der Waals surface area contributed by atoms with Crippen LogP contribution in [0.15, 0.2) is 36.7 Å². The van der Waals surface area contributed by atoms with Crippen LogP contribution < -0.4 is 10.6 Å². The molecule has 0 saturated carbocycles. The van der Waals surface area contributed by atoms with E-state index >= 15 is 0 Å². The smallest absolute Gasteiger partial charge is 0.146 e. The fourth-order valence-corrected chi connectivity index (χ4v) is 1.70. The summed E-state index contributed by atoms with van der Waals surface area (Å²) in [4.78, 5) is 8.47. The van der Waals surface area contributed by atoms with Gasteiger partial charge in [0.25, 0.3) is 0 Å². The summed E-state index contributed by atoms with van der Waals surface area (Å²) in [6, 6.07) is 6.53. The van der Waals surface area contributed by atoms with E-state index < -0.39 is 0 Å². The maximum Gasteiger partial charge on any atom is 0.146 e. The highest BCUT2D eigenvalue weighted by Gasteiger charge is 1.98. The summed E-state index contributed by atoms with van der Waals surface area (Å²) >= 11 is 0. The highest BCUT2D eigenvalue weighted by molar-refractivity contribution is 5.41. The molecule has 0 aliphatic carbocycles. The predicted octanol–water partition coefficient (Wildman–Crippen LogP) is 2.70. The zero-order valence-electron chi connectivity index (χ0n) is 10.9. The first-order valence-corrected chi connectivity index (χ1v) is 6.32. The van der Waals surface area contributed by atoms with Gasteiger partial charge in [-0.2, -0.15) is 0 Å². The lowest BCUT2D eigenvalue weighted by Gasteiger charge is -2.07. The Bertz CT molecular complexity index is 513. The van der Waals surface area contributed by atoms with Crippen molar-refractivity contribution in [1.29, 1.82) is 0 Å². The Labute approximate surface area is 112 Å². The van der Waals surface area contributed by atoms with Crippen molar-refractivity contribution < 1.29 is 4.39 Å². The van der Waals surface area contributed by atoms with Crippen LogP contribution in [0.2, 0.25) is 0 Å². The standard InChI is InChI=1S/C14H17FN4/c1-2-17-13-9-16-10-14(19-13)18-8-7-11-3-5-12(15)6-4-11/h3-6,9-10H,2,7-8H2,1H3,(H2,17,18,19). The van der Waals surface area contributed by atoms with E-state index in [1.54, 1.807) is 24.5 Å². The van der Waals surface area contributed by atoms with Crippen LogP contribution in [0.4, 0.5) is 16.0 Å².